The maximum atomic E-state index is 11.9. The molecule has 0 aliphatic rings. The molecule has 0 spiro atoms. The number of hydrogen-bond donors (Lipinski definition) is 2. The lowest BCUT2D eigenvalue weighted by Gasteiger charge is -2.09. The number of rotatable bonds is 3. The second kappa shape index (κ2) is 5.58. The van der Waals surface area contributed by atoms with Gasteiger partial charge in [-0.05, 0) is 18.2 Å². The number of aromatic carboxylic acids is 1. The highest BCUT2D eigenvalue weighted by atomic mass is 35.5. The van der Waals surface area contributed by atoms with Crippen LogP contribution in [0, 0.1) is 0 Å². The summed E-state index contributed by atoms with van der Waals surface area (Å²) < 4.78 is 4.56. The molecule has 7 heteroatoms. The largest absolute Gasteiger partial charge is 0.478 e. The lowest BCUT2D eigenvalue weighted by molar-refractivity contribution is 0.0698. The van der Waals surface area contributed by atoms with Crippen LogP contribution in [0.1, 0.15) is 20.7 Å². The summed E-state index contributed by atoms with van der Waals surface area (Å²) in [4.78, 5) is 33.8. The minimum absolute atomic E-state index is 0.00916. The van der Waals surface area contributed by atoms with Crippen LogP contribution in [0.2, 0.25) is 5.02 Å². The number of carbonyl (C=O) groups excluding carboxylic acids is 1. The maximum absolute atomic E-state index is 11.9. The van der Waals surface area contributed by atoms with Crippen LogP contribution >= 0.6 is 11.6 Å². The van der Waals surface area contributed by atoms with E-state index in [0.29, 0.717) is 0 Å². The molecule has 0 saturated heterocycles. The van der Waals surface area contributed by atoms with Crippen molar-refractivity contribution in [2.24, 2.45) is 0 Å². The van der Waals surface area contributed by atoms with E-state index in [9.17, 15) is 14.4 Å². The van der Waals surface area contributed by atoms with Gasteiger partial charge in [-0.3, -0.25) is 4.79 Å². The smallest absolute Gasteiger partial charge is 0.339 e. The molecule has 0 aliphatic carbocycles. The van der Waals surface area contributed by atoms with Crippen molar-refractivity contribution < 1.29 is 19.1 Å². The molecular weight excluding hydrogens is 286 g/mol. The lowest BCUT2D eigenvalue weighted by atomic mass is 10.1. The first-order valence-electron chi connectivity index (χ1n) is 5.41. The summed E-state index contributed by atoms with van der Waals surface area (Å²) >= 11 is 5.78. The average molecular weight is 294 g/mol. The predicted molar refractivity (Wildman–Crippen MR) is 71.3 cm³/mol. The minimum Gasteiger partial charge on any atom is -0.478 e. The molecular formula is C13H8ClNO5. The van der Waals surface area contributed by atoms with Gasteiger partial charge in [0.1, 0.15) is 11.8 Å². The van der Waals surface area contributed by atoms with E-state index in [2.05, 4.69) is 9.73 Å². The number of carboxylic acid groups (broad SMARTS) is 1. The average Bonchev–Trinajstić information content (AvgIpc) is 2.39. The molecule has 1 heterocycles. The van der Waals surface area contributed by atoms with Crippen LogP contribution in [0.4, 0.5) is 5.69 Å². The quantitative estimate of drug-likeness (QED) is 0.904. The topological polar surface area (TPSA) is 96.6 Å². The molecule has 0 atom stereocenters. The summed E-state index contributed by atoms with van der Waals surface area (Å²) in [6.45, 7) is 0. The van der Waals surface area contributed by atoms with Gasteiger partial charge in [-0.1, -0.05) is 17.7 Å². The summed E-state index contributed by atoms with van der Waals surface area (Å²) in [5, 5.41) is 11.5. The van der Waals surface area contributed by atoms with Gasteiger partial charge >= 0.3 is 11.6 Å². The van der Waals surface area contributed by atoms with Crippen LogP contribution in [0.5, 0.6) is 0 Å². The van der Waals surface area contributed by atoms with E-state index < -0.39 is 17.5 Å². The predicted octanol–water partition coefficient (Wildman–Crippen LogP) is 2.24. The first kappa shape index (κ1) is 13.8. The van der Waals surface area contributed by atoms with E-state index in [4.69, 9.17) is 16.7 Å². The third-order valence-electron chi connectivity index (χ3n) is 2.44. The Morgan fingerprint density at radius 3 is 2.55 bits per heavy atom. The number of anilines is 1. The number of amides is 1. The van der Waals surface area contributed by atoms with E-state index in [0.717, 1.165) is 12.3 Å². The Balaban J connectivity index is 2.33. The zero-order valence-corrected chi connectivity index (χ0v) is 10.7. The summed E-state index contributed by atoms with van der Waals surface area (Å²) in [7, 11) is 0. The number of halogens is 1. The van der Waals surface area contributed by atoms with E-state index in [1.165, 1.54) is 24.3 Å². The number of hydrogen-bond acceptors (Lipinski definition) is 4. The van der Waals surface area contributed by atoms with Gasteiger partial charge in [-0.15, -0.1) is 0 Å². The van der Waals surface area contributed by atoms with Gasteiger partial charge in [-0.25, -0.2) is 9.59 Å². The molecule has 0 aliphatic heterocycles. The van der Waals surface area contributed by atoms with Gasteiger partial charge in [0.05, 0.1) is 16.3 Å². The fraction of sp³-hybridized carbons (Fsp3) is 0. The van der Waals surface area contributed by atoms with Gasteiger partial charge in [0.25, 0.3) is 5.91 Å². The summed E-state index contributed by atoms with van der Waals surface area (Å²) in [5.74, 6) is -1.87. The molecule has 20 heavy (non-hydrogen) atoms. The van der Waals surface area contributed by atoms with Crippen molar-refractivity contribution in [3.8, 4) is 0 Å². The van der Waals surface area contributed by atoms with Gasteiger partial charge in [0, 0.05) is 6.07 Å². The molecule has 1 aromatic carbocycles. The first-order valence-corrected chi connectivity index (χ1v) is 5.79. The Labute approximate surface area is 117 Å². The zero-order valence-electron chi connectivity index (χ0n) is 9.92. The zero-order chi connectivity index (χ0) is 14.7. The maximum Gasteiger partial charge on any atom is 0.339 e. The van der Waals surface area contributed by atoms with Gasteiger partial charge in [0.15, 0.2) is 0 Å². The molecule has 102 valence electrons. The highest BCUT2D eigenvalue weighted by Gasteiger charge is 2.17. The number of carboxylic acids is 1. The van der Waals surface area contributed by atoms with Crippen LogP contribution in [0.15, 0.2) is 45.8 Å². The summed E-state index contributed by atoms with van der Waals surface area (Å²) in [6.07, 6.45) is 0.989. The van der Waals surface area contributed by atoms with Crippen molar-refractivity contribution >= 4 is 29.2 Å². The van der Waals surface area contributed by atoms with E-state index in [-0.39, 0.29) is 21.8 Å². The van der Waals surface area contributed by atoms with Crippen molar-refractivity contribution in [1.29, 1.82) is 0 Å². The third kappa shape index (κ3) is 2.86. The minimum atomic E-state index is -1.26. The molecule has 0 fully saturated rings. The van der Waals surface area contributed by atoms with Crippen LogP contribution < -0.4 is 10.9 Å². The van der Waals surface area contributed by atoms with Crippen LogP contribution in [0.3, 0.4) is 0 Å². The first-order chi connectivity index (χ1) is 9.49. The molecule has 0 unspecified atom stereocenters. The van der Waals surface area contributed by atoms with E-state index in [1.54, 1.807) is 0 Å². The monoisotopic (exact) mass is 293 g/mol. The Morgan fingerprint density at radius 2 is 1.95 bits per heavy atom. The third-order valence-corrected chi connectivity index (χ3v) is 2.75. The number of benzene rings is 1. The van der Waals surface area contributed by atoms with Gasteiger partial charge < -0.3 is 14.8 Å². The van der Waals surface area contributed by atoms with Crippen molar-refractivity contribution in [2.75, 3.05) is 5.32 Å². The Kier molecular flexibility index (Phi) is 3.86. The Hall–Kier alpha value is -2.60. The number of nitrogens with one attached hydrogen (secondary N) is 1. The van der Waals surface area contributed by atoms with E-state index >= 15 is 0 Å². The van der Waals surface area contributed by atoms with Gasteiger partial charge in [0.2, 0.25) is 0 Å². The van der Waals surface area contributed by atoms with Crippen LogP contribution in [-0.4, -0.2) is 17.0 Å². The molecule has 2 N–H and O–H groups in total. The van der Waals surface area contributed by atoms with Crippen molar-refractivity contribution in [2.45, 2.75) is 0 Å². The van der Waals surface area contributed by atoms with Crippen LogP contribution in [-0.2, 0) is 0 Å². The number of carbonyl (C=O) groups is 2. The molecule has 6 nitrogen and oxygen atoms in total. The summed E-state index contributed by atoms with van der Waals surface area (Å²) in [5.41, 5.74) is -0.655. The SMILES string of the molecule is O=C(Nc1cccc(Cl)c1C(=O)O)c1ccc(=O)oc1. The lowest BCUT2D eigenvalue weighted by Crippen LogP contribution is -2.15. The molecule has 0 radical (unpaired) electrons. The van der Waals surface area contributed by atoms with Crippen molar-refractivity contribution in [3.63, 3.8) is 0 Å². The normalized spacial score (nSPS) is 10.1. The Morgan fingerprint density at radius 1 is 1.20 bits per heavy atom. The van der Waals surface area contributed by atoms with Crippen molar-refractivity contribution in [1.82, 2.24) is 0 Å². The fourth-order valence-electron chi connectivity index (χ4n) is 1.53. The molecule has 0 bridgehead atoms. The standard InChI is InChI=1S/C13H8ClNO5/c14-8-2-1-3-9(11(8)13(18)19)15-12(17)7-4-5-10(16)20-6-7/h1-6H,(H,15,17)(H,18,19). The second-order valence-electron chi connectivity index (χ2n) is 3.77. The molecule has 1 amide bonds. The van der Waals surface area contributed by atoms with E-state index in [1.807, 2.05) is 0 Å². The van der Waals surface area contributed by atoms with Crippen LogP contribution in [0.25, 0.3) is 0 Å². The molecule has 2 rings (SSSR count). The molecule has 0 saturated carbocycles. The fourth-order valence-corrected chi connectivity index (χ4v) is 1.78. The highest BCUT2D eigenvalue weighted by Crippen LogP contribution is 2.24. The van der Waals surface area contributed by atoms with Crippen molar-refractivity contribution in [3.05, 3.63) is 63.2 Å². The molecule has 1 aromatic heterocycles. The highest BCUT2D eigenvalue weighted by molar-refractivity contribution is 6.34. The molecule has 2 aromatic rings. The second-order valence-corrected chi connectivity index (χ2v) is 4.17. The summed E-state index contributed by atoms with van der Waals surface area (Å²) in [6, 6.07) is 6.68. The Bertz CT molecular complexity index is 717. The van der Waals surface area contributed by atoms with Gasteiger partial charge in [-0.2, -0.15) is 0 Å².